The quantitative estimate of drug-likeness (QED) is 0.747. The molecule has 7 heteroatoms. The first-order valence-corrected chi connectivity index (χ1v) is 5.93. The highest BCUT2D eigenvalue weighted by molar-refractivity contribution is 5.83. The van der Waals surface area contributed by atoms with Gasteiger partial charge in [-0.1, -0.05) is 13.8 Å². The SMILES string of the molecule is CC(C)C[C@@H](NC(=O)Cn1cccnc1=O)C(=O)O. The van der Waals surface area contributed by atoms with Crippen molar-refractivity contribution in [1.82, 2.24) is 14.9 Å². The third-order valence-electron chi connectivity index (χ3n) is 2.44. The lowest BCUT2D eigenvalue weighted by Crippen LogP contribution is -2.44. The van der Waals surface area contributed by atoms with Crippen LogP contribution in [0.1, 0.15) is 20.3 Å². The first kappa shape index (κ1) is 14.9. The van der Waals surface area contributed by atoms with E-state index >= 15 is 0 Å². The molecule has 0 aromatic carbocycles. The number of nitrogens with one attached hydrogen (secondary N) is 1. The van der Waals surface area contributed by atoms with Crippen LogP contribution >= 0.6 is 0 Å². The van der Waals surface area contributed by atoms with Gasteiger partial charge in [-0.25, -0.2) is 14.6 Å². The molecule has 1 aromatic rings. The highest BCUT2D eigenvalue weighted by atomic mass is 16.4. The summed E-state index contributed by atoms with van der Waals surface area (Å²) in [6.45, 7) is 3.50. The lowest BCUT2D eigenvalue weighted by Gasteiger charge is -2.16. The van der Waals surface area contributed by atoms with Crippen LogP contribution in [-0.4, -0.2) is 32.6 Å². The predicted molar refractivity (Wildman–Crippen MR) is 67.5 cm³/mol. The topological polar surface area (TPSA) is 101 Å². The maximum atomic E-state index is 11.7. The number of aromatic nitrogens is 2. The van der Waals surface area contributed by atoms with Crippen LogP contribution in [0.3, 0.4) is 0 Å². The van der Waals surface area contributed by atoms with E-state index in [0.717, 1.165) is 4.57 Å². The fourth-order valence-corrected chi connectivity index (χ4v) is 1.60. The van der Waals surface area contributed by atoms with Crippen LogP contribution in [0.25, 0.3) is 0 Å². The number of carboxylic acids is 1. The number of amides is 1. The fourth-order valence-electron chi connectivity index (χ4n) is 1.60. The second kappa shape index (κ2) is 6.67. The zero-order valence-corrected chi connectivity index (χ0v) is 10.9. The van der Waals surface area contributed by atoms with Gasteiger partial charge >= 0.3 is 11.7 Å². The summed E-state index contributed by atoms with van der Waals surface area (Å²) in [5.41, 5.74) is -0.548. The minimum absolute atomic E-state index is 0.141. The molecule has 7 nitrogen and oxygen atoms in total. The maximum absolute atomic E-state index is 11.7. The largest absolute Gasteiger partial charge is 0.480 e. The van der Waals surface area contributed by atoms with Crippen molar-refractivity contribution in [2.75, 3.05) is 0 Å². The number of carbonyl (C=O) groups is 2. The molecule has 1 aromatic heterocycles. The van der Waals surface area contributed by atoms with E-state index in [2.05, 4.69) is 10.3 Å². The summed E-state index contributed by atoms with van der Waals surface area (Å²) in [6, 6.07) is 0.581. The van der Waals surface area contributed by atoms with E-state index in [0.29, 0.717) is 6.42 Å². The number of hydrogen-bond donors (Lipinski definition) is 2. The molecule has 0 fully saturated rings. The smallest absolute Gasteiger partial charge is 0.347 e. The van der Waals surface area contributed by atoms with Crippen LogP contribution in [0.2, 0.25) is 0 Å². The lowest BCUT2D eigenvalue weighted by atomic mass is 10.0. The Bertz CT molecular complexity index is 510. The Kier molecular flexibility index (Phi) is 5.23. The highest BCUT2D eigenvalue weighted by Crippen LogP contribution is 2.04. The van der Waals surface area contributed by atoms with Crippen LogP contribution in [0.4, 0.5) is 0 Å². The van der Waals surface area contributed by atoms with E-state index in [-0.39, 0.29) is 12.5 Å². The lowest BCUT2D eigenvalue weighted by molar-refractivity contribution is -0.142. The van der Waals surface area contributed by atoms with Gasteiger partial charge in [-0.15, -0.1) is 0 Å². The normalized spacial score (nSPS) is 12.2. The molecule has 1 rings (SSSR count). The molecule has 0 unspecified atom stereocenters. The van der Waals surface area contributed by atoms with E-state index in [1.807, 2.05) is 13.8 Å². The van der Waals surface area contributed by atoms with Gasteiger partial charge in [0.1, 0.15) is 12.6 Å². The molecule has 0 radical (unpaired) electrons. The van der Waals surface area contributed by atoms with Crippen molar-refractivity contribution in [3.63, 3.8) is 0 Å². The van der Waals surface area contributed by atoms with E-state index in [1.54, 1.807) is 0 Å². The number of carbonyl (C=O) groups excluding carboxylic acids is 1. The van der Waals surface area contributed by atoms with Gasteiger partial charge in [-0.05, 0) is 18.4 Å². The summed E-state index contributed by atoms with van der Waals surface area (Å²) < 4.78 is 1.11. The van der Waals surface area contributed by atoms with Crippen LogP contribution < -0.4 is 11.0 Å². The van der Waals surface area contributed by atoms with Crippen LogP contribution in [0, 0.1) is 5.92 Å². The van der Waals surface area contributed by atoms with E-state index in [9.17, 15) is 14.4 Å². The van der Waals surface area contributed by atoms with Crippen molar-refractivity contribution < 1.29 is 14.7 Å². The Morgan fingerprint density at radius 2 is 2.16 bits per heavy atom. The van der Waals surface area contributed by atoms with Gasteiger partial charge in [0.05, 0.1) is 0 Å². The fraction of sp³-hybridized carbons (Fsp3) is 0.500. The van der Waals surface area contributed by atoms with Gasteiger partial charge in [-0.3, -0.25) is 9.36 Å². The maximum Gasteiger partial charge on any atom is 0.347 e. The molecule has 0 aliphatic rings. The summed E-state index contributed by atoms with van der Waals surface area (Å²) in [5, 5.41) is 11.4. The molecule has 1 atom stereocenters. The van der Waals surface area contributed by atoms with Crippen LogP contribution in [0.15, 0.2) is 23.3 Å². The summed E-state index contributed by atoms with van der Waals surface area (Å²) >= 11 is 0. The van der Waals surface area contributed by atoms with Gasteiger partial charge in [-0.2, -0.15) is 0 Å². The Balaban J connectivity index is 2.66. The summed E-state index contributed by atoms with van der Waals surface area (Å²) in [5.74, 6) is -1.47. The number of hydrogen-bond acceptors (Lipinski definition) is 4. The third-order valence-corrected chi connectivity index (χ3v) is 2.44. The molecule has 0 saturated carbocycles. The molecule has 0 spiro atoms. The Morgan fingerprint density at radius 3 is 2.68 bits per heavy atom. The van der Waals surface area contributed by atoms with Crippen LogP contribution in [-0.2, 0) is 16.1 Å². The molecule has 0 aliphatic heterocycles. The zero-order chi connectivity index (χ0) is 14.4. The van der Waals surface area contributed by atoms with Crippen molar-refractivity contribution in [2.24, 2.45) is 5.92 Å². The number of nitrogens with zero attached hydrogens (tertiary/aromatic N) is 2. The molecule has 2 N–H and O–H groups in total. The molecular formula is C12H17N3O4. The number of aliphatic carboxylic acids is 1. The average molecular weight is 267 g/mol. The first-order chi connectivity index (χ1) is 8.90. The second-order valence-corrected chi connectivity index (χ2v) is 4.62. The van der Waals surface area contributed by atoms with Gasteiger partial charge in [0.2, 0.25) is 5.91 Å². The van der Waals surface area contributed by atoms with Crippen LogP contribution in [0.5, 0.6) is 0 Å². The standard InChI is InChI=1S/C12H17N3O4/c1-8(2)6-9(11(17)18)14-10(16)7-15-5-3-4-13-12(15)19/h3-5,8-9H,6-7H2,1-2H3,(H,14,16)(H,17,18)/t9-/m1/s1. The average Bonchev–Trinajstić information content (AvgIpc) is 2.30. The Morgan fingerprint density at radius 1 is 1.47 bits per heavy atom. The van der Waals surface area contributed by atoms with Crippen molar-refractivity contribution in [2.45, 2.75) is 32.9 Å². The molecule has 0 bridgehead atoms. The molecule has 0 saturated heterocycles. The first-order valence-electron chi connectivity index (χ1n) is 5.93. The highest BCUT2D eigenvalue weighted by Gasteiger charge is 2.21. The van der Waals surface area contributed by atoms with Gasteiger partial charge in [0.15, 0.2) is 0 Å². The zero-order valence-electron chi connectivity index (χ0n) is 10.9. The van der Waals surface area contributed by atoms with Gasteiger partial charge in [0.25, 0.3) is 0 Å². The van der Waals surface area contributed by atoms with Crippen molar-refractivity contribution in [1.29, 1.82) is 0 Å². The summed E-state index contributed by atoms with van der Waals surface area (Å²) in [7, 11) is 0. The van der Waals surface area contributed by atoms with E-state index in [4.69, 9.17) is 5.11 Å². The Hall–Kier alpha value is -2.18. The third kappa shape index (κ3) is 4.90. The summed E-state index contributed by atoms with van der Waals surface area (Å²) in [6.07, 6.45) is 3.09. The molecule has 1 heterocycles. The minimum atomic E-state index is -1.08. The predicted octanol–water partition coefficient (Wildman–Crippen LogP) is -0.141. The number of carboxylic acid groups (broad SMARTS) is 1. The van der Waals surface area contributed by atoms with Gasteiger partial charge in [0, 0.05) is 12.4 Å². The van der Waals surface area contributed by atoms with Crippen molar-refractivity contribution in [3.05, 3.63) is 28.9 Å². The summed E-state index contributed by atoms with van der Waals surface area (Å²) in [4.78, 5) is 37.5. The van der Waals surface area contributed by atoms with Gasteiger partial charge < -0.3 is 10.4 Å². The molecule has 104 valence electrons. The molecule has 0 aliphatic carbocycles. The van der Waals surface area contributed by atoms with E-state index < -0.39 is 23.6 Å². The minimum Gasteiger partial charge on any atom is -0.480 e. The number of rotatable bonds is 6. The Labute approximate surface area is 110 Å². The van der Waals surface area contributed by atoms with Crippen molar-refractivity contribution in [3.8, 4) is 0 Å². The van der Waals surface area contributed by atoms with Crippen molar-refractivity contribution >= 4 is 11.9 Å². The molecule has 1 amide bonds. The second-order valence-electron chi connectivity index (χ2n) is 4.62. The molecule has 19 heavy (non-hydrogen) atoms. The molecular weight excluding hydrogens is 250 g/mol. The monoisotopic (exact) mass is 267 g/mol. The van der Waals surface area contributed by atoms with E-state index in [1.165, 1.54) is 18.5 Å².